The van der Waals surface area contributed by atoms with E-state index in [0.717, 1.165) is 39.1 Å². The highest BCUT2D eigenvalue weighted by Crippen LogP contribution is 2.33. The normalized spacial score (nSPS) is 19.8. The number of benzene rings is 1. The molecule has 0 unspecified atom stereocenters. The average Bonchev–Trinajstić information content (AvgIpc) is 2.77. The summed E-state index contributed by atoms with van der Waals surface area (Å²) in [5.74, 6) is 0.598. The first-order chi connectivity index (χ1) is 13.6. The molecule has 2 fully saturated rings. The Morgan fingerprint density at radius 2 is 1.79 bits per heavy atom. The van der Waals surface area contributed by atoms with Crippen LogP contribution in [0.15, 0.2) is 24.3 Å². The van der Waals surface area contributed by atoms with E-state index in [2.05, 4.69) is 10.2 Å². The van der Waals surface area contributed by atoms with Crippen molar-refractivity contribution in [3.8, 4) is 5.75 Å². The molecule has 0 aromatic heterocycles. The highest BCUT2D eigenvalue weighted by Gasteiger charge is 2.38. The van der Waals surface area contributed by atoms with Crippen LogP contribution in [0.25, 0.3) is 0 Å². The van der Waals surface area contributed by atoms with Gasteiger partial charge >= 0.3 is 0 Å². The Morgan fingerprint density at radius 3 is 2.43 bits per heavy atom. The van der Waals surface area contributed by atoms with Crippen molar-refractivity contribution < 1.29 is 19.1 Å². The molecule has 0 atom stereocenters. The third-order valence-electron chi connectivity index (χ3n) is 5.95. The van der Waals surface area contributed by atoms with Crippen molar-refractivity contribution in [1.82, 2.24) is 10.2 Å². The second-order valence-electron chi connectivity index (χ2n) is 7.75. The lowest BCUT2D eigenvalue weighted by Crippen LogP contribution is -2.60. The number of hydrogen-bond donors (Lipinski definition) is 1. The molecule has 154 valence electrons. The van der Waals surface area contributed by atoms with Gasteiger partial charge in [-0.05, 0) is 37.1 Å². The molecule has 28 heavy (non-hydrogen) atoms. The van der Waals surface area contributed by atoms with Gasteiger partial charge in [0.2, 0.25) is 0 Å². The zero-order chi connectivity index (χ0) is 19.8. The molecular weight excluding hydrogens is 356 g/mol. The maximum atomic E-state index is 12.4. The van der Waals surface area contributed by atoms with Gasteiger partial charge in [0.25, 0.3) is 5.91 Å². The Hall–Kier alpha value is -1.92. The largest absolute Gasteiger partial charge is 0.484 e. The fourth-order valence-corrected chi connectivity index (χ4v) is 4.26. The highest BCUT2D eigenvalue weighted by atomic mass is 16.5. The number of nitrogens with zero attached hydrogens (tertiary/aromatic N) is 1. The van der Waals surface area contributed by atoms with Crippen molar-refractivity contribution in [2.24, 2.45) is 0 Å². The number of ketones is 1. The van der Waals surface area contributed by atoms with E-state index in [9.17, 15) is 9.59 Å². The van der Waals surface area contributed by atoms with Gasteiger partial charge in [0, 0.05) is 37.2 Å². The molecule has 1 aliphatic carbocycles. The lowest BCUT2D eigenvalue weighted by molar-refractivity contribution is -0.124. The quantitative estimate of drug-likeness (QED) is 0.694. The number of carbonyl (C=O) groups is 2. The van der Waals surface area contributed by atoms with Crippen molar-refractivity contribution in [2.45, 2.75) is 51.0 Å². The Labute approximate surface area is 167 Å². The van der Waals surface area contributed by atoms with Crippen LogP contribution in [-0.2, 0) is 9.53 Å². The van der Waals surface area contributed by atoms with Crippen LogP contribution in [0.4, 0.5) is 0 Å². The van der Waals surface area contributed by atoms with Gasteiger partial charge in [-0.1, -0.05) is 26.2 Å². The summed E-state index contributed by atoms with van der Waals surface area (Å²) in [5, 5.41) is 3.10. The first-order valence-corrected chi connectivity index (χ1v) is 10.5. The van der Waals surface area contributed by atoms with Crippen LogP contribution < -0.4 is 10.1 Å². The van der Waals surface area contributed by atoms with Gasteiger partial charge < -0.3 is 14.8 Å². The fourth-order valence-electron chi connectivity index (χ4n) is 4.26. The molecule has 1 aromatic rings. The molecule has 6 nitrogen and oxygen atoms in total. The number of amides is 1. The van der Waals surface area contributed by atoms with E-state index in [1.54, 1.807) is 24.3 Å². The lowest BCUT2D eigenvalue weighted by Gasteiger charge is -2.48. The summed E-state index contributed by atoms with van der Waals surface area (Å²) in [4.78, 5) is 26.6. The van der Waals surface area contributed by atoms with Crippen LogP contribution in [-0.4, -0.2) is 61.6 Å². The number of rotatable bonds is 8. The van der Waals surface area contributed by atoms with Crippen molar-refractivity contribution in [3.05, 3.63) is 29.8 Å². The molecule has 0 spiro atoms. The monoisotopic (exact) mass is 388 g/mol. The van der Waals surface area contributed by atoms with E-state index in [4.69, 9.17) is 9.47 Å². The van der Waals surface area contributed by atoms with Crippen molar-refractivity contribution in [3.63, 3.8) is 0 Å². The number of hydrogen-bond acceptors (Lipinski definition) is 5. The number of nitrogens with one attached hydrogen (secondary N) is 1. The molecule has 1 saturated carbocycles. The molecule has 1 saturated heterocycles. The smallest absolute Gasteiger partial charge is 0.258 e. The summed E-state index contributed by atoms with van der Waals surface area (Å²) in [6, 6.07) is 6.97. The number of ether oxygens (including phenoxy) is 2. The molecule has 6 heteroatoms. The number of Topliss-reactive ketones (excluding diaryl/α,β-unsaturated/α-hetero) is 1. The molecular formula is C22H32N2O4. The average molecular weight is 389 g/mol. The molecule has 3 rings (SSSR count). The van der Waals surface area contributed by atoms with E-state index in [-0.39, 0.29) is 23.8 Å². The molecule has 1 aromatic carbocycles. The Morgan fingerprint density at radius 1 is 1.11 bits per heavy atom. The Balaban J connectivity index is 1.50. The van der Waals surface area contributed by atoms with E-state index in [1.807, 2.05) is 6.92 Å². The van der Waals surface area contributed by atoms with Gasteiger partial charge in [-0.2, -0.15) is 0 Å². The minimum absolute atomic E-state index is 0.0136. The van der Waals surface area contributed by atoms with Crippen LogP contribution in [0, 0.1) is 0 Å². The second-order valence-corrected chi connectivity index (χ2v) is 7.75. The summed E-state index contributed by atoms with van der Waals surface area (Å²) < 4.78 is 11.1. The van der Waals surface area contributed by atoms with E-state index in [0.29, 0.717) is 24.3 Å². The molecule has 1 heterocycles. The van der Waals surface area contributed by atoms with E-state index in [1.165, 1.54) is 19.3 Å². The van der Waals surface area contributed by atoms with Crippen LogP contribution in [0.2, 0.25) is 0 Å². The molecule has 2 aliphatic rings. The molecule has 1 aliphatic heterocycles. The standard InChI is InChI=1S/C22H32N2O4/c1-2-20(25)18-6-8-19(9-7-18)28-16-21(26)23-17-22(10-4-3-5-11-22)24-12-14-27-15-13-24/h6-9H,2-5,10-17H2,1H3,(H,23,26). The first kappa shape index (κ1) is 20.8. The zero-order valence-corrected chi connectivity index (χ0v) is 16.9. The van der Waals surface area contributed by atoms with E-state index < -0.39 is 0 Å². The molecule has 1 N–H and O–H groups in total. The van der Waals surface area contributed by atoms with Crippen molar-refractivity contribution in [2.75, 3.05) is 39.5 Å². The van der Waals surface area contributed by atoms with Crippen LogP contribution in [0.1, 0.15) is 55.8 Å². The Kier molecular flexibility index (Phi) is 7.45. The van der Waals surface area contributed by atoms with E-state index >= 15 is 0 Å². The number of morpholine rings is 1. The minimum atomic E-state index is -0.105. The topological polar surface area (TPSA) is 67.9 Å². The first-order valence-electron chi connectivity index (χ1n) is 10.5. The maximum Gasteiger partial charge on any atom is 0.258 e. The number of carbonyl (C=O) groups excluding carboxylic acids is 2. The van der Waals surface area contributed by atoms with Gasteiger partial charge in [0.1, 0.15) is 5.75 Å². The van der Waals surface area contributed by atoms with Gasteiger partial charge in [0.15, 0.2) is 12.4 Å². The molecule has 0 bridgehead atoms. The van der Waals surface area contributed by atoms with Gasteiger partial charge in [0.05, 0.1) is 13.2 Å². The lowest BCUT2D eigenvalue weighted by atomic mass is 9.79. The van der Waals surface area contributed by atoms with Gasteiger partial charge in [-0.3, -0.25) is 14.5 Å². The predicted octanol–water partition coefficient (Wildman–Crippen LogP) is 2.81. The summed E-state index contributed by atoms with van der Waals surface area (Å²) in [7, 11) is 0. The Bertz CT molecular complexity index is 647. The summed E-state index contributed by atoms with van der Waals surface area (Å²) in [6.07, 6.45) is 6.44. The predicted molar refractivity (Wildman–Crippen MR) is 108 cm³/mol. The van der Waals surface area contributed by atoms with Crippen molar-refractivity contribution in [1.29, 1.82) is 0 Å². The SMILES string of the molecule is CCC(=O)c1ccc(OCC(=O)NCC2(N3CCOCC3)CCCCC2)cc1. The highest BCUT2D eigenvalue weighted by molar-refractivity contribution is 5.95. The zero-order valence-electron chi connectivity index (χ0n) is 16.9. The third kappa shape index (κ3) is 5.32. The van der Waals surface area contributed by atoms with Crippen LogP contribution >= 0.6 is 0 Å². The summed E-state index contributed by atoms with van der Waals surface area (Å²) >= 11 is 0. The minimum Gasteiger partial charge on any atom is -0.484 e. The maximum absolute atomic E-state index is 12.4. The summed E-state index contributed by atoms with van der Waals surface area (Å²) in [5.41, 5.74) is 0.726. The molecule has 1 amide bonds. The third-order valence-corrected chi connectivity index (χ3v) is 5.95. The van der Waals surface area contributed by atoms with Crippen LogP contribution in [0.3, 0.4) is 0 Å². The van der Waals surface area contributed by atoms with Gasteiger partial charge in [-0.25, -0.2) is 0 Å². The second kappa shape index (κ2) is 10.0. The van der Waals surface area contributed by atoms with Crippen molar-refractivity contribution >= 4 is 11.7 Å². The van der Waals surface area contributed by atoms with Gasteiger partial charge in [-0.15, -0.1) is 0 Å². The van der Waals surface area contributed by atoms with Crippen LogP contribution in [0.5, 0.6) is 5.75 Å². The molecule has 0 radical (unpaired) electrons. The fraction of sp³-hybridized carbons (Fsp3) is 0.636. The summed E-state index contributed by atoms with van der Waals surface area (Å²) in [6.45, 7) is 5.92.